The van der Waals surface area contributed by atoms with Crippen LogP contribution in [0.2, 0.25) is 0 Å². The Morgan fingerprint density at radius 1 is 1.12 bits per heavy atom. The molecule has 4 rings (SSSR count). The van der Waals surface area contributed by atoms with Gasteiger partial charge in [0.1, 0.15) is 5.75 Å². The number of nitrogens with one attached hydrogen (secondary N) is 1. The molecule has 2 aromatic carbocycles. The van der Waals surface area contributed by atoms with Crippen molar-refractivity contribution in [2.45, 2.75) is 43.9 Å². The maximum Gasteiger partial charge on any atom is 0.253 e. The molecule has 0 aromatic heterocycles. The standard InChI is InChI=1S/C26H35N3O3/c1-28(2)23-10-6-5-9-22(23)25(30)27-18-21-12-13-26(32-21)14-16-29(17-15-26)19-20-8-4-7-11-24(20)31-3/h4-11,21H,12-19H2,1-3H3,(H,27,30). The monoisotopic (exact) mass is 437 g/mol. The van der Waals surface area contributed by atoms with Crippen molar-refractivity contribution in [2.24, 2.45) is 0 Å². The second-order valence-corrected chi connectivity index (χ2v) is 9.17. The predicted octanol–water partition coefficient (Wildman–Crippen LogP) is 3.70. The Morgan fingerprint density at radius 2 is 1.84 bits per heavy atom. The minimum Gasteiger partial charge on any atom is -0.496 e. The van der Waals surface area contributed by atoms with Crippen LogP contribution < -0.4 is 15.0 Å². The summed E-state index contributed by atoms with van der Waals surface area (Å²) in [5.74, 6) is 0.919. The minimum absolute atomic E-state index is 0.0335. The van der Waals surface area contributed by atoms with E-state index in [1.165, 1.54) is 5.56 Å². The molecule has 2 heterocycles. The molecule has 1 unspecified atom stereocenters. The van der Waals surface area contributed by atoms with Crippen molar-refractivity contribution >= 4 is 11.6 Å². The maximum atomic E-state index is 12.8. The van der Waals surface area contributed by atoms with E-state index in [0.29, 0.717) is 12.1 Å². The van der Waals surface area contributed by atoms with Crippen LogP contribution in [0, 0.1) is 0 Å². The number of anilines is 1. The quantitative estimate of drug-likeness (QED) is 0.716. The van der Waals surface area contributed by atoms with E-state index in [1.54, 1.807) is 7.11 Å². The number of amides is 1. The SMILES string of the molecule is COc1ccccc1CN1CCC2(CCC(CNC(=O)c3ccccc3N(C)C)O2)CC1. The van der Waals surface area contributed by atoms with E-state index in [1.807, 2.05) is 55.4 Å². The molecule has 0 radical (unpaired) electrons. The molecule has 2 aromatic rings. The third-order valence-corrected chi connectivity index (χ3v) is 6.81. The lowest BCUT2D eigenvalue weighted by Crippen LogP contribution is -2.45. The number of likely N-dealkylation sites (tertiary alicyclic amines) is 1. The van der Waals surface area contributed by atoms with Gasteiger partial charge in [0.05, 0.1) is 24.4 Å². The number of nitrogens with zero attached hydrogens (tertiary/aromatic N) is 2. The fourth-order valence-electron chi connectivity index (χ4n) is 4.96. The number of methoxy groups -OCH3 is 1. The molecule has 1 spiro atoms. The zero-order valence-corrected chi connectivity index (χ0v) is 19.5. The average molecular weight is 438 g/mol. The molecule has 2 fully saturated rings. The van der Waals surface area contributed by atoms with Crippen LogP contribution in [0.4, 0.5) is 5.69 Å². The van der Waals surface area contributed by atoms with Crippen LogP contribution in [0.15, 0.2) is 48.5 Å². The molecular weight excluding hydrogens is 402 g/mol. The first-order valence-electron chi connectivity index (χ1n) is 11.6. The van der Waals surface area contributed by atoms with E-state index in [-0.39, 0.29) is 17.6 Å². The molecule has 2 aliphatic heterocycles. The van der Waals surface area contributed by atoms with Gasteiger partial charge in [-0.25, -0.2) is 0 Å². The molecule has 6 nitrogen and oxygen atoms in total. The number of hydrogen-bond acceptors (Lipinski definition) is 5. The third kappa shape index (κ3) is 5.08. The summed E-state index contributed by atoms with van der Waals surface area (Å²) in [6, 6.07) is 15.9. The molecule has 0 aliphatic carbocycles. The molecule has 172 valence electrons. The lowest BCUT2D eigenvalue weighted by molar-refractivity contribution is -0.0765. The first-order chi connectivity index (χ1) is 15.5. The summed E-state index contributed by atoms with van der Waals surface area (Å²) >= 11 is 0. The second-order valence-electron chi connectivity index (χ2n) is 9.17. The van der Waals surface area contributed by atoms with E-state index in [9.17, 15) is 4.79 Å². The highest BCUT2D eigenvalue weighted by atomic mass is 16.5. The molecule has 0 bridgehead atoms. The molecule has 0 saturated carbocycles. The first-order valence-corrected chi connectivity index (χ1v) is 11.6. The van der Waals surface area contributed by atoms with Crippen LogP contribution in [0.3, 0.4) is 0 Å². The largest absolute Gasteiger partial charge is 0.496 e. The zero-order chi connectivity index (χ0) is 22.6. The molecule has 1 N–H and O–H groups in total. The van der Waals surface area contributed by atoms with Gasteiger partial charge in [0, 0.05) is 51.5 Å². The highest BCUT2D eigenvalue weighted by Crippen LogP contribution is 2.39. The highest BCUT2D eigenvalue weighted by Gasteiger charge is 2.42. The number of benzene rings is 2. The number of carbonyl (C=O) groups is 1. The fourth-order valence-corrected chi connectivity index (χ4v) is 4.96. The summed E-state index contributed by atoms with van der Waals surface area (Å²) < 4.78 is 12.0. The lowest BCUT2D eigenvalue weighted by atomic mass is 9.88. The Hall–Kier alpha value is -2.57. The summed E-state index contributed by atoms with van der Waals surface area (Å²) in [4.78, 5) is 17.2. The summed E-state index contributed by atoms with van der Waals surface area (Å²) in [6.45, 7) is 3.51. The number of carbonyl (C=O) groups excluding carboxylic acids is 1. The third-order valence-electron chi connectivity index (χ3n) is 6.81. The van der Waals surface area contributed by atoms with Crippen molar-refractivity contribution in [1.82, 2.24) is 10.2 Å². The summed E-state index contributed by atoms with van der Waals surface area (Å²) in [5, 5.41) is 3.10. The van der Waals surface area contributed by atoms with Crippen molar-refractivity contribution in [3.8, 4) is 5.75 Å². The highest BCUT2D eigenvalue weighted by molar-refractivity contribution is 5.99. The summed E-state index contributed by atoms with van der Waals surface area (Å²) in [5.41, 5.74) is 2.83. The Bertz CT molecular complexity index is 922. The predicted molar refractivity (Wildman–Crippen MR) is 127 cm³/mol. The number of ether oxygens (including phenoxy) is 2. The van der Waals surface area contributed by atoms with Gasteiger partial charge in [-0.2, -0.15) is 0 Å². The van der Waals surface area contributed by atoms with E-state index in [2.05, 4.69) is 22.3 Å². The van der Waals surface area contributed by atoms with E-state index in [0.717, 1.165) is 56.8 Å². The van der Waals surface area contributed by atoms with E-state index in [4.69, 9.17) is 9.47 Å². The van der Waals surface area contributed by atoms with Gasteiger partial charge in [-0.3, -0.25) is 9.69 Å². The smallest absolute Gasteiger partial charge is 0.253 e. The van der Waals surface area contributed by atoms with Gasteiger partial charge in [-0.1, -0.05) is 30.3 Å². The van der Waals surface area contributed by atoms with Crippen LogP contribution in [0.5, 0.6) is 5.75 Å². The Balaban J connectivity index is 1.27. The minimum atomic E-state index is -0.0366. The molecular formula is C26H35N3O3. The van der Waals surface area contributed by atoms with E-state index < -0.39 is 0 Å². The van der Waals surface area contributed by atoms with Crippen molar-refractivity contribution < 1.29 is 14.3 Å². The van der Waals surface area contributed by atoms with Gasteiger partial charge >= 0.3 is 0 Å². The van der Waals surface area contributed by atoms with Crippen molar-refractivity contribution in [2.75, 3.05) is 45.7 Å². The van der Waals surface area contributed by atoms with Crippen molar-refractivity contribution in [3.63, 3.8) is 0 Å². The van der Waals surface area contributed by atoms with Crippen LogP contribution in [0.25, 0.3) is 0 Å². The Labute approximate surface area is 191 Å². The normalized spacial score (nSPS) is 20.3. The van der Waals surface area contributed by atoms with Gasteiger partial charge < -0.3 is 19.7 Å². The lowest BCUT2D eigenvalue weighted by Gasteiger charge is -2.39. The van der Waals surface area contributed by atoms with Gasteiger partial charge in [0.25, 0.3) is 5.91 Å². The number of piperidine rings is 1. The van der Waals surface area contributed by atoms with Crippen LogP contribution in [-0.4, -0.2) is 63.4 Å². The van der Waals surface area contributed by atoms with Gasteiger partial charge in [-0.15, -0.1) is 0 Å². The number of hydrogen-bond donors (Lipinski definition) is 1. The molecule has 2 saturated heterocycles. The van der Waals surface area contributed by atoms with E-state index >= 15 is 0 Å². The maximum absolute atomic E-state index is 12.8. The topological polar surface area (TPSA) is 54.0 Å². The second kappa shape index (κ2) is 9.92. The van der Waals surface area contributed by atoms with Gasteiger partial charge in [0.15, 0.2) is 0 Å². The Kier molecular flexibility index (Phi) is 7.01. The van der Waals surface area contributed by atoms with Crippen LogP contribution >= 0.6 is 0 Å². The van der Waals surface area contributed by atoms with Gasteiger partial charge in [-0.05, 0) is 43.9 Å². The fraction of sp³-hybridized carbons (Fsp3) is 0.500. The van der Waals surface area contributed by atoms with Gasteiger partial charge in [0.2, 0.25) is 0 Å². The molecule has 2 aliphatic rings. The van der Waals surface area contributed by atoms with Crippen molar-refractivity contribution in [1.29, 1.82) is 0 Å². The van der Waals surface area contributed by atoms with Crippen LogP contribution in [0.1, 0.15) is 41.6 Å². The summed E-state index contributed by atoms with van der Waals surface area (Å²) in [6.07, 6.45) is 4.24. The molecule has 32 heavy (non-hydrogen) atoms. The van der Waals surface area contributed by atoms with Crippen molar-refractivity contribution in [3.05, 3.63) is 59.7 Å². The molecule has 1 atom stereocenters. The molecule has 1 amide bonds. The zero-order valence-electron chi connectivity index (χ0n) is 19.5. The molecule has 6 heteroatoms. The summed E-state index contributed by atoms with van der Waals surface area (Å²) in [7, 11) is 5.64. The first kappa shape index (κ1) is 22.6. The number of rotatable bonds is 7. The average Bonchev–Trinajstić information content (AvgIpc) is 3.22. The number of para-hydroxylation sites is 2. The van der Waals surface area contributed by atoms with Crippen LogP contribution in [-0.2, 0) is 11.3 Å². The Morgan fingerprint density at radius 3 is 2.59 bits per heavy atom.